The molecule has 18 nitrogen and oxygen atoms in total. The van der Waals surface area contributed by atoms with Crippen molar-refractivity contribution in [3.05, 3.63) is 200 Å². The monoisotopic (exact) mass is 1530 g/mol. The van der Waals surface area contributed by atoms with Crippen LogP contribution in [0, 0.1) is 20.8 Å². The molecular weight excluding hydrogens is 1410 g/mol. The Balaban J connectivity index is 1.59. The van der Waals surface area contributed by atoms with Gasteiger partial charge in [-0.3, -0.25) is 0 Å². The maximum atomic E-state index is 14.9. The first-order chi connectivity index (χ1) is 54.6. The molecule has 0 aliphatic rings. The normalized spacial score (nSPS) is 10.8. The van der Waals surface area contributed by atoms with E-state index in [0.29, 0.717) is 162 Å². The highest BCUT2D eigenvalue weighted by atomic mass is 16.5. The number of amides is 6. The quantitative estimate of drug-likeness (QED) is 0.0120. The zero-order chi connectivity index (χ0) is 80.3. The van der Waals surface area contributed by atoms with Crippen LogP contribution >= 0.6 is 0 Å². The number of benzene rings is 6. The summed E-state index contributed by atoms with van der Waals surface area (Å²) < 4.78 is 59.1. The van der Waals surface area contributed by atoms with Gasteiger partial charge in [0.15, 0.2) is 0 Å². The van der Waals surface area contributed by atoms with Crippen LogP contribution in [0.2, 0.25) is 0 Å². The molecule has 6 N–H and O–H groups in total. The Morgan fingerprint density at radius 3 is 0.652 bits per heavy atom. The number of ether oxygens (including phenoxy) is 9. The molecule has 112 heavy (non-hydrogen) atoms. The number of hydrogen-bond acceptors (Lipinski definition) is 12. The molecule has 0 aliphatic heterocycles. The molecule has 0 aromatic heterocycles. The van der Waals surface area contributed by atoms with Gasteiger partial charge in [-0.25, -0.2) is 14.4 Å². The van der Waals surface area contributed by atoms with Gasteiger partial charge in [0.1, 0.15) is 51.7 Å². The van der Waals surface area contributed by atoms with E-state index in [-0.39, 0.29) is 0 Å². The molecule has 608 valence electrons. The van der Waals surface area contributed by atoms with Gasteiger partial charge in [0.25, 0.3) is 0 Å². The lowest BCUT2D eigenvalue weighted by atomic mass is 9.80. The van der Waals surface area contributed by atoms with Crippen LogP contribution in [0.5, 0.6) is 51.7 Å². The van der Waals surface area contributed by atoms with Crippen LogP contribution in [-0.4, -0.2) is 77.6 Å². The van der Waals surface area contributed by atoms with Crippen molar-refractivity contribution in [2.45, 2.75) is 221 Å². The number of carbonyl (C=O) groups is 3. The molecule has 0 fully saturated rings. The fourth-order valence-electron chi connectivity index (χ4n) is 12.7. The lowest BCUT2D eigenvalue weighted by Gasteiger charge is -2.29. The number of anilines is 6. The summed E-state index contributed by atoms with van der Waals surface area (Å²) in [5.74, 6) is 4.16. The molecule has 0 unspecified atom stereocenters. The molecule has 0 atom stereocenters. The Labute approximate surface area is 670 Å². The summed E-state index contributed by atoms with van der Waals surface area (Å²) in [6.07, 6.45) is 35.1. The average Bonchev–Trinajstić information content (AvgIpc) is 0.750. The largest absolute Gasteiger partial charge is 0.493 e. The summed E-state index contributed by atoms with van der Waals surface area (Å²) in [6, 6.07) is 26.3. The lowest BCUT2D eigenvalue weighted by Crippen LogP contribution is -2.22. The highest BCUT2D eigenvalue weighted by molar-refractivity contribution is 6.02. The van der Waals surface area contributed by atoms with Crippen molar-refractivity contribution in [2.75, 3.05) is 91.4 Å². The van der Waals surface area contributed by atoms with Gasteiger partial charge in [-0.15, -0.1) is 39.5 Å². The van der Waals surface area contributed by atoms with Gasteiger partial charge in [-0.2, -0.15) is 0 Å². The Hall–Kier alpha value is -10.2. The second-order valence-corrected chi connectivity index (χ2v) is 28.3. The summed E-state index contributed by atoms with van der Waals surface area (Å²) in [7, 11) is 0. The van der Waals surface area contributed by atoms with Crippen LogP contribution in [0.1, 0.15) is 233 Å². The van der Waals surface area contributed by atoms with E-state index in [1.807, 2.05) is 112 Å². The van der Waals surface area contributed by atoms with E-state index in [1.54, 1.807) is 36.4 Å². The molecule has 6 aromatic carbocycles. The zero-order valence-corrected chi connectivity index (χ0v) is 68.3. The third kappa shape index (κ3) is 33.8. The number of allylic oxidation sites excluding steroid dienone is 6. The predicted octanol–water partition coefficient (Wildman–Crippen LogP) is 25.8. The van der Waals surface area contributed by atoms with Crippen LogP contribution in [0.3, 0.4) is 0 Å². The van der Waals surface area contributed by atoms with E-state index in [4.69, 9.17) is 42.6 Å². The minimum Gasteiger partial charge on any atom is -0.493 e. The third-order valence-electron chi connectivity index (χ3n) is 18.4. The molecule has 6 aromatic rings. The van der Waals surface area contributed by atoms with Gasteiger partial charge in [-0.05, 0) is 209 Å². The van der Waals surface area contributed by atoms with Crippen molar-refractivity contribution in [3.8, 4) is 51.7 Å². The first kappa shape index (κ1) is 90.7. The molecule has 6 rings (SSSR count). The standard InChI is InChI=1S/C94H130N6O12/c1-13-22-31-40-46-104-79-58-76(59-80(67-79)105-47-41-32-23-14-2)98-92(101)95-73-55-70(10)89(110-52-37-28-19-7)85(64-73)88(86-65-74(56-71(11)90(86)111-53-38-29-20-8)96-93(102)99-77-60-81(106-48-42-33-24-15-3)68-82(61-77)107-49-43-34-25-16-4)87-66-75(57-72(12)91(87)112-54-39-30-21-9)97-94(103)100-78-62-83(108-50-44-35-26-17-5)69-84(63-78)109-51-45-36-27-18-6/h13-18,55-69,88H,1-6,19-54H2,7-12H3,(H2,95,98,101)(H2,96,99,102)(H2,97,100,103). The van der Waals surface area contributed by atoms with E-state index < -0.39 is 24.0 Å². The molecule has 0 saturated carbocycles. The highest BCUT2D eigenvalue weighted by Gasteiger charge is 2.32. The van der Waals surface area contributed by atoms with Gasteiger partial charge >= 0.3 is 18.1 Å². The topological polar surface area (TPSA) is 206 Å². The van der Waals surface area contributed by atoms with Crippen LogP contribution in [0.25, 0.3) is 0 Å². The first-order valence-corrected chi connectivity index (χ1v) is 41.1. The maximum Gasteiger partial charge on any atom is 0.323 e. The minimum absolute atomic E-state index is 0.378. The van der Waals surface area contributed by atoms with Gasteiger partial charge in [0.05, 0.1) is 59.5 Å². The zero-order valence-electron chi connectivity index (χ0n) is 68.3. The van der Waals surface area contributed by atoms with Gasteiger partial charge in [-0.1, -0.05) is 95.8 Å². The Morgan fingerprint density at radius 2 is 0.455 bits per heavy atom. The molecule has 0 saturated heterocycles. The molecule has 18 heteroatoms. The minimum atomic E-state index is -0.886. The van der Waals surface area contributed by atoms with Gasteiger partial charge < -0.3 is 74.5 Å². The van der Waals surface area contributed by atoms with Gasteiger partial charge in [0.2, 0.25) is 0 Å². The van der Waals surface area contributed by atoms with E-state index in [1.165, 1.54) is 0 Å². The van der Waals surface area contributed by atoms with Crippen LogP contribution in [0.4, 0.5) is 48.5 Å². The summed E-state index contributed by atoms with van der Waals surface area (Å²) in [5, 5.41) is 19.0. The fraction of sp³-hybridized carbons (Fsp3) is 0.457. The summed E-state index contributed by atoms with van der Waals surface area (Å²) in [4.78, 5) is 44.7. The van der Waals surface area contributed by atoms with Crippen molar-refractivity contribution in [2.24, 2.45) is 0 Å². The number of unbranched alkanes of at least 4 members (excludes halogenated alkanes) is 18. The van der Waals surface area contributed by atoms with Crippen molar-refractivity contribution in [1.29, 1.82) is 0 Å². The lowest BCUT2D eigenvalue weighted by molar-refractivity contribution is 0.261. The number of nitrogens with one attached hydrogen (secondary N) is 6. The Kier molecular flexibility index (Phi) is 43.4. The summed E-state index contributed by atoms with van der Waals surface area (Å²) in [6.45, 7) is 39.6. The van der Waals surface area contributed by atoms with Crippen LogP contribution in [-0.2, 0) is 0 Å². The summed E-state index contributed by atoms with van der Waals surface area (Å²) >= 11 is 0. The van der Waals surface area contributed by atoms with Crippen molar-refractivity contribution >= 4 is 52.2 Å². The maximum absolute atomic E-state index is 14.9. The highest BCUT2D eigenvalue weighted by Crippen LogP contribution is 2.50. The predicted molar refractivity (Wildman–Crippen MR) is 464 cm³/mol. The van der Waals surface area contributed by atoms with E-state index in [9.17, 15) is 14.4 Å². The second kappa shape index (κ2) is 53.6. The molecule has 0 spiro atoms. The number of aryl methyl sites for hydroxylation is 3. The van der Waals surface area contributed by atoms with Crippen molar-refractivity contribution < 1.29 is 57.0 Å². The number of hydrogen-bond donors (Lipinski definition) is 6. The molecule has 0 bridgehead atoms. The Morgan fingerprint density at radius 1 is 0.268 bits per heavy atom. The molecule has 0 radical (unpaired) electrons. The first-order valence-electron chi connectivity index (χ1n) is 41.1. The number of carbonyl (C=O) groups excluding carboxylic acids is 3. The van der Waals surface area contributed by atoms with E-state index in [0.717, 1.165) is 190 Å². The smallest absolute Gasteiger partial charge is 0.323 e. The summed E-state index contributed by atoms with van der Waals surface area (Å²) in [5.41, 5.74) is 6.84. The van der Waals surface area contributed by atoms with Crippen molar-refractivity contribution in [1.82, 2.24) is 0 Å². The number of rotatable bonds is 60. The molecule has 6 amide bonds. The van der Waals surface area contributed by atoms with Crippen LogP contribution in [0.15, 0.2) is 167 Å². The molecule has 0 heterocycles. The molecule has 0 aliphatic carbocycles. The van der Waals surface area contributed by atoms with Crippen LogP contribution < -0.4 is 74.5 Å². The molecular formula is C94H130N6O12. The van der Waals surface area contributed by atoms with Gasteiger partial charge in [0, 0.05) is 111 Å². The second-order valence-electron chi connectivity index (χ2n) is 28.3. The fourth-order valence-corrected chi connectivity index (χ4v) is 12.7. The number of urea groups is 3. The van der Waals surface area contributed by atoms with E-state index in [2.05, 4.69) is 92.1 Å². The average molecular weight is 1540 g/mol. The van der Waals surface area contributed by atoms with Crippen molar-refractivity contribution in [3.63, 3.8) is 0 Å². The SMILES string of the molecule is C=CCCCCOc1cc(NC(=O)Nc2cc(C)c(OCCCCC)c(C(c3cc(NC(=O)Nc4cc(OCCCCC=C)cc(OCCCCC=C)c4)cc(C)c3OCCCCC)c3cc(NC(=O)Nc4cc(OCCCCC=C)cc(OCCCCC=C)c4)cc(C)c3OCCCCC)c2)cc(OCCCCC=C)c1. The van der Waals surface area contributed by atoms with E-state index >= 15 is 0 Å². The third-order valence-corrected chi connectivity index (χ3v) is 18.4. The Bertz CT molecular complexity index is 3390.